The zero-order chi connectivity index (χ0) is 20.2. The van der Waals surface area contributed by atoms with Gasteiger partial charge in [0.25, 0.3) is 0 Å². The Hall–Kier alpha value is -2.60. The number of nitrogens with one attached hydrogen (secondary N) is 2. The van der Waals surface area contributed by atoms with Crippen LogP contribution < -0.4 is 15.4 Å². The summed E-state index contributed by atoms with van der Waals surface area (Å²) in [6.07, 6.45) is 5.40. The molecule has 2 aromatic carbocycles. The second kappa shape index (κ2) is 8.82. The van der Waals surface area contributed by atoms with Crippen molar-refractivity contribution < 1.29 is 13.9 Å². The molecule has 2 bridgehead atoms. The van der Waals surface area contributed by atoms with Crippen LogP contribution in [0.15, 0.2) is 48.5 Å². The number of hydrogen-bond acceptors (Lipinski definition) is 3. The fraction of sp³-hybridized carbons (Fsp3) is 0.435. The van der Waals surface area contributed by atoms with Crippen LogP contribution in [0.2, 0.25) is 0 Å². The second-order valence-corrected chi connectivity index (χ2v) is 8.01. The molecule has 3 atom stereocenters. The lowest BCUT2D eigenvalue weighted by Crippen LogP contribution is -2.56. The number of urea groups is 1. The van der Waals surface area contributed by atoms with Crippen molar-refractivity contribution in [3.05, 3.63) is 59.9 Å². The van der Waals surface area contributed by atoms with Crippen LogP contribution >= 0.6 is 0 Å². The third kappa shape index (κ3) is 4.70. The average Bonchev–Trinajstić information content (AvgIpc) is 2.71. The normalized spacial score (nSPS) is 24.0. The first-order valence-electron chi connectivity index (χ1n) is 10.3. The highest BCUT2D eigenvalue weighted by molar-refractivity contribution is 5.89. The molecule has 0 saturated carbocycles. The number of nitrogens with zero attached hydrogens (tertiary/aromatic N) is 1. The topological polar surface area (TPSA) is 53.6 Å². The number of rotatable bonds is 5. The van der Waals surface area contributed by atoms with Crippen LogP contribution in [-0.4, -0.2) is 36.2 Å². The van der Waals surface area contributed by atoms with Crippen molar-refractivity contribution in [2.24, 2.45) is 0 Å². The molecule has 0 radical (unpaired) electrons. The number of hydrogen-bond donors (Lipinski definition) is 2. The number of carbonyl (C=O) groups excluding carboxylic acids is 1. The number of methoxy groups -OCH3 is 1. The van der Waals surface area contributed by atoms with Gasteiger partial charge in [0.2, 0.25) is 0 Å². The average molecular weight is 397 g/mol. The zero-order valence-corrected chi connectivity index (χ0v) is 16.7. The first-order chi connectivity index (χ1) is 14.1. The Balaban J connectivity index is 1.36. The summed E-state index contributed by atoms with van der Waals surface area (Å²) < 4.78 is 19.0. The van der Waals surface area contributed by atoms with Crippen molar-refractivity contribution >= 4 is 11.7 Å². The van der Waals surface area contributed by atoms with Gasteiger partial charge in [0.05, 0.1) is 12.8 Å². The van der Waals surface area contributed by atoms with Gasteiger partial charge >= 0.3 is 6.03 Å². The van der Waals surface area contributed by atoms with Gasteiger partial charge in [0, 0.05) is 24.7 Å². The molecule has 0 aromatic heterocycles. The molecular formula is C23H28FN3O2. The van der Waals surface area contributed by atoms with Crippen molar-refractivity contribution in [2.45, 2.75) is 56.8 Å². The van der Waals surface area contributed by atoms with E-state index in [9.17, 15) is 9.18 Å². The molecular weight excluding hydrogens is 369 g/mol. The minimum atomic E-state index is -0.422. The van der Waals surface area contributed by atoms with E-state index in [0.29, 0.717) is 12.1 Å². The van der Waals surface area contributed by atoms with Crippen molar-refractivity contribution in [1.82, 2.24) is 10.2 Å². The maximum Gasteiger partial charge on any atom is 0.319 e. The molecule has 2 N–H and O–H groups in total. The lowest BCUT2D eigenvalue weighted by Gasteiger charge is -2.49. The van der Waals surface area contributed by atoms with Gasteiger partial charge in [-0.05, 0) is 55.5 Å². The number of halogens is 1. The Kier molecular flexibility index (Phi) is 6.00. The third-order valence-corrected chi connectivity index (χ3v) is 6.11. The van der Waals surface area contributed by atoms with Gasteiger partial charge in [0.1, 0.15) is 11.6 Å². The second-order valence-electron chi connectivity index (χ2n) is 8.01. The van der Waals surface area contributed by atoms with Gasteiger partial charge < -0.3 is 15.4 Å². The fourth-order valence-electron chi connectivity index (χ4n) is 4.70. The Morgan fingerprint density at radius 3 is 2.45 bits per heavy atom. The predicted molar refractivity (Wildman–Crippen MR) is 112 cm³/mol. The Morgan fingerprint density at radius 1 is 1.10 bits per heavy atom. The summed E-state index contributed by atoms with van der Waals surface area (Å²) in [5.74, 6) is 0.451. The largest absolute Gasteiger partial charge is 0.497 e. The van der Waals surface area contributed by atoms with Gasteiger partial charge in [-0.2, -0.15) is 0 Å². The Morgan fingerprint density at radius 2 is 1.79 bits per heavy atom. The van der Waals surface area contributed by atoms with E-state index in [1.54, 1.807) is 25.3 Å². The SMILES string of the molecule is COc1ccc(CN2[C@@H]3CCC[C@H]2CC(NC(=O)Nc2ccccc2F)C3)cc1. The highest BCUT2D eigenvalue weighted by Crippen LogP contribution is 2.35. The number of para-hydroxylation sites is 1. The molecule has 2 aliphatic heterocycles. The Bertz CT molecular complexity index is 828. The van der Waals surface area contributed by atoms with E-state index in [1.807, 2.05) is 12.1 Å². The lowest BCUT2D eigenvalue weighted by molar-refractivity contribution is 0.0200. The van der Waals surface area contributed by atoms with Crippen LogP contribution in [0.25, 0.3) is 0 Å². The summed E-state index contributed by atoms with van der Waals surface area (Å²) in [6.45, 7) is 0.924. The zero-order valence-electron chi connectivity index (χ0n) is 16.7. The quantitative estimate of drug-likeness (QED) is 0.779. The van der Waals surface area contributed by atoms with Gasteiger partial charge in [-0.25, -0.2) is 9.18 Å². The van der Waals surface area contributed by atoms with Crippen LogP contribution in [0.5, 0.6) is 5.75 Å². The van der Waals surface area contributed by atoms with E-state index in [1.165, 1.54) is 18.1 Å². The summed E-state index contributed by atoms with van der Waals surface area (Å²) in [5, 5.41) is 5.70. The summed E-state index contributed by atoms with van der Waals surface area (Å²) in [5.41, 5.74) is 1.49. The summed E-state index contributed by atoms with van der Waals surface area (Å²) in [4.78, 5) is 15.0. The maximum atomic E-state index is 13.8. The number of carbonyl (C=O) groups is 1. The number of ether oxygens (including phenoxy) is 1. The molecule has 0 spiro atoms. The molecule has 1 unspecified atom stereocenters. The molecule has 6 heteroatoms. The Labute approximate surface area is 171 Å². The van der Waals surface area contributed by atoms with E-state index >= 15 is 0 Å². The monoisotopic (exact) mass is 397 g/mol. The van der Waals surface area contributed by atoms with Crippen LogP contribution in [0, 0.1) is 5.82 Å². The van der Waals surface area contributed by atoms with Gasteiger partial charge in [-0.3, -0.25) is 4.90 Å². The summed E-state index contributed by atoms with van der Waals surface area (Å²) >= 11 is 0. The number of fused-ring (bicyclic) bond motifs is 2. The van der Waals surface area contributed by atoms with Crippen molar-refractivity contribution in [3.8, 4) is 5.75 Å². The van der Waals surface area contributed by atoms with Gasteiger partial charge in [-0.15, -0.1) is 0 Å². The van der Waals surface area contributed by atoms with Gasteiger partial charge in [-0.1, -0.05) is 30.7 Å². The van der Waals surface area contributed by atoms with Crippen LogP contribution in [0.4, 0.5) is 14.9 Å². The molecule has 2 fully saturated rings. The van der Waals surface area contributed by atoms with Crippen molar-refractivity contribution in [1.29, 1.82) is 0 Å². The molecule has 2 heterocycles. The highest BCUT2D eigenvalue weighted by atomic mass is 19.1. The minimum absolute atomic E-state index is 0.115. The molecule has 5 nitrogen and oxygen atoms in total. The van der Waals surface area contributed by atoms with E-state index in [-0.39, 0.29) is 17.8 Å². The summed E-state index contributed by atoms with van der Waals surface area (Å²) in [6, 6.07) is 15.2. The molecule has 0 aliphatic carbocycles. The third-order valence-electron chi connectivity index (χ3n) is 6.11. The van der Waals surface area contributed by atoms with Crippen LogP contribution in [0.3, 0.4) is 0 Å². The molecule has 154 valence electrons. The lowest BCUT2D eigenvalue weighted by atomic mass is 9.81. The standard InChI is InChI=1S/C23H28FN3O2/c1-29-20-11-9-16(10-12-20)15-27-18-5-4-6-19(27)14-17(13-18)25-23(28)26-22-8-3-2-7-21(22)24/h2-3,7-12,17-19H,4-6,13-15H2,1H3,(H2,25,26,28)/t17?,18-,19+. The molecule has 29 heavy (non-hydrogen) atoms. The van der Waals surface area contributed by atoms with E-state index in [0.717, 1.165) is 38.0 Å². The highest BCUT2D eigenvalue weighted by Gasteiger charge is 2.38. The van der Waals surface area contributed by atoms with Crippen molar-refractivity contribution in [2.75, 3.05) is 12.4 Å². The van der Waals surface area contributed by atoms with E-state index in [4.69, 9.17) is 4.74 Å². The van der Waals surface area contributed by atoms with E-state index in [2.05, 4.69) is 27.7 Å². The van der Waals surface area contributed by atoms with E-state index < -0.39 is 5.82 Å². The number of anilines is 1. The first-order valence-corrected chi connectivity index (χ1v) is 10.3. The minimum Gasteiger partial charge on any atom is -0.497 e. The van der Waals surface area contributed by atoms with Gasteiger partial charge in [0.15, 0.2) is 0 Å². The molecule has 2 amide bonds. The predicted octanol–water partition coefficient (Wildman–Crippen LogP) is 4.54. The summed E-state index contributed by atoms with van der Waals surface area (Å²) in [7, 11) is 1.68. The number of benzene rings is 2. The van der Waals surface area contributed by atoms with Crippen LogP contribution in [0.1, 0.15) is 37.7 Å². The molecule has 2 aromatic rings. The maximum absolute atomic E-state index is 13.8. The first kappa shape index (κ1) is 19.7. The number of amides is 2. The van der Waals surface area contributed by atoms with Crippen molar-refractivity contribution in [3.63, 3.8) is 0 Å². The number of piperidine rings is 2. The molecule has 2 aliphatic rings. The fourth-order valence-corrected chi connectivity index (χ4v) is 4.70. The molecule has 2 saturated heterocycles. The molecule has 4 rings (SSSR count). The van der Waals surface area contributed by atoms with Crippen LogP contribution in [-0.2, 0) is 6.54 Å². The smallest absolute Gasteiger partial charge is 0.319 e.